The lowest BCUT2D eigenvalue weighted by atomic mass is 9.75. The summed E-state index contributed by atoms with van der Waals surface area (Å²) in [6.07, 6.45) is 5.25. The van der Waals surface area contributed by atoms with Crippen LogP contribution >= 0.6 is 0 Å². The van der Waals surface area contributed by atoms with Gasteiger partial charge in [0.1, 0.15) is 0 Å². The largest absolute Gasteiger partial charge is 0.313 e. The van der Waals surface area contributed by atoms with Crippen LogP contribution in [0.3, 0.4) is 0 Å². The minimum atomic E-state index is 0.497. The van der Waals surface area contributed by atoms with Crippen LogP contribution in [0.4, 0.5) is 0 Å². The van der Waals surface area contributed by atoms with Crippen LogP contribution in [-0.2, 0) is 0 Å². The summed E-state index contributed by atoms with van der Waals surface area (Å²) in [5.74, 6) is 0.914. The molecule has 108 valence electrons. The molecule has 1 aliphatic rings. The molecule has 0 radical (unpaired) electrons. The highest BCUT2D eigenvalue weighted by Gasteiger charge is 2.29. The zero-order chi connectivity index (χ0) is 13.6. The fourth-order valence-corrected chi connectivity index (χ4v) is 2.98. The van der Waals surface area contributed by atoms with Gasteiger partial charge in [-0.3, -0.25) is 0 Å². The van der Waals surface area contributed by atoms with E-state index in [0.29, 0.717) is 11.5 Å². The Morgan fingerprint density at radius 1 is 1.17 bits per heavy atom. The molecule has 0 amide bonds. The molecule has 2 heteroatoms. The van der Waals surface area contributed by atoms with Crippen molar-refractivity contribution >= 4 is 0 Å². The maximum absolute atomic E-state index is 3.67. The molecule has 0 spiro atoms. The second-order valence-corrected chi connectivity index (χ2v) is 7.00. The van der Waals surface area contributed by atoms with E-state index in [1.54, 1.807) is 0 Å². The van der Waals surface area contributed by atoms with Gasteiger partial charge in [0.2, 0.25) is 0 Å². The smallest absolute Gasteiger partial charge is 0.0192 e. The minimum absolute atomic E-state index is 0.497. The van der Waals surface area contributed by atoms with Gasteiger partial charge in [-0.05, 0) is 56.7 Å². The molecule has 0 aliphatic carbocycles. The van der Waals surface area contributed by atoms with Gasteiger partial charge in [-0.1, -0.05) is 34.6 Å². The third-order valence-electron chi connectivity index (χ3n) is 4.47. The van der Waals surface area contributed by atoms with Crippen LogP contribution < -0.4 is 5.32 Å². The van der Waals surface area contributed by atoms with Crippen molar-refractivity contribution in [2.24, 2.45) is 11.3 Å². The predicted octanol–water partition coefficient (Wildman–Crippen LogP) is 3.52. The summed E-state index contributed by atoms with van der Waals surface area (Å²) < 4.78 is 0. The number of hydrogen-bond donors (Lipinski definition) is 1. The normalized spacial score (nSPS) is 21.2. The monoisotopic (exact) mass is 254 g/mol. The Kier molecular flexibility index (Phi) is 6.65. The summed E-state index contributed by atoms with van der Waals surface area (Å²) in [5, 5.41) is 3.67. The number of nitrogens with zero attached hydrogens (tertiary/aromatic N) is 1. The maximum Gasteiger partial charge on any atom is 0.0192 e. The van der Waals surface area contributed by atoms with Crippen molar-refractivity contribution in [2.75, 3.05) is 26.2 Å². The average Bonchev–Trinajstić information content (AvgIpc) is 2.34. The molecule has 1 atom stereocenters. The van der Waals surface area contributed by atoms with Gasteiger partial charge in [-0.2, -0.15) is 0 Å². The maximum atomic E-state index is 3.67. The average molecular weight is 254 g/mol. The van der Waals surface area contributed by atoms with Crippen molar-refractivity contribution in [1.82, 2.24) is 10.2 Å². The Morgan fingerprint density at radius 3 is 2.22 bits per heavy atom. The minimum Gasteiger partial charge on any atom is -0.313 e. The Balaban J connectivity index is 2.29. The summed E-state index contributed by atoms with van der Waals surface area (Å²) in [6.45, 7) is 16.7. The predicted molar refractivity (Wildman–Crippen MR) is 81.0 cm³/mol. The van der Waals surface area contributed by atoms with Crippen molar-refractivity contribution in [3.8, 4) is 0 Å². The van der Waals surface area contributed by atoms with E-state index in [1.165, 1.54) is 45.3 Å². The van der Waals surface area contributed by atoms with Gasteiger partial charge in [-0.15, -0.1) is 0 Å². The lowest BCUT2D eigenvalue weighted by molar-refractivity contribution is 0.105. The Labute approximate surface area is 115 Å². The standard InChI is InChI=1S/C16H34N2/c1-6-10-17-15(7-2)13-18-11-8-14(9-12-18)16(3,4)5/h14-15,17H,6-13H2,1-5H3. The number of hydrogen-bond acceptors (Lipinski definition) is 2. The van der Waals surface area contributed by atoms with Crippen LogP contribution in [0.15, 0.2) is 0 Å². The molecule has 0 saturated carbocycles. The van der Waals surface area contributed by atoms with Gasteiger partial charge in [0.15, 0.2) is 0 Å². The molecule has 0 aromatic carbocycles. The third-order valence-corrected chi connectivity index (χ3v) is 4.47. The van der Waals surface area contributed by atoms with Crippen molar-refractivity contribution in [3.05, 3.63) is 0 Å². The van der Waals surface area contributed by atoms with Gasteiger partial charge in [0.05, 0.1) is 0 Å². The third kappa shape index (κ3) is 5.27. The summed E-state index contributed by atoms with van der Waals surface area (Å²) in [4.78, 5) is 2.67. The molecule has 0 aromatic heterocycles. The zero-order valence-electron chi connectivity index (χ0n) is 13.3. The van der Waals surface area contributed by atoms with E-state index >= 15 is 0 Å². The van der Waals surface area contributed by atoms with Crippen LogP contribution in [0.25, 0.3) is 0 Å². The highest BCUT2D eigenvalue weighted by molar-refractivity contribution is 4.82. The molecule has 1 heterocycles. The van der Waals surface area contributed by atoms with Gasteiger partial charge < -0.3 is 10.2 Å². The van der Waals surface area contributed by atoms with Crippen molar-refractivity contribution < 1.29 is 0 Å². The van der Waals surface area contributed by atoms with Gasteiger partial charge in [0, 0.05) is 12.6 Å². The molecular formula is C16H34N2. The summed E-state index contributed by atoms with van der Waals surface area (Å²) in [6, 6.07) is 0.691. The summed E-state index contributed by atoms with van der Waals surface area (Å²) >= 11 is 0. The molecule has 1 fully saturated rings. The van der Waals surface area contributed by atoms with E-state index in [1.807, 2.05) is 0 Å². The van der Waals surface area contributed by atoms with Crippen molar-refractivity contribution in [3.63, 3.8) is 0 Å². The SMILES string of the molecule is CCCNC(CC)CN1CCC(C(C)(C)C)CC1. The molecule has 1 unspecified atom stereocenters. The number of rotatable bonds is 6. The van der Waals surface area contributed by atoms with E-state index in [-0.39, 0.29) is 0 Å². The van der Waals surface area contributed by atoms with E-state index in [9.17, 15) is 0 Å². The molecule has 1 N–H and O–H groups in total. The van der Waals surface area contributed by atoms with Crippen LogP contribution in [0.2, 0.25) is 0 Å². The molecular weight excluding hydrogens is 220 g/mol. The van der Waals surface area contributed by atoms with E-state index in [0.717, 1.165) is 12.5 Å². The molecule has 1 rings (SSSR count). The highest BCUT2D eigenvalue weighted by Crippen LogP contribution is 2.34. The lowest BCUT2D eigenvalue weighted by Gasteiger charge is -2.39. The van der Waals surface area contributed by atoms with Gasteiger partial charge in [0.25, 0.3) is 0 Å². The lowest BCUT2D eigenvalue weighted by Crippen LogP contribution is -2.45. The first-order valence-corrected chi connectivity index (χ1v) is 7.93. The summed E-state index contributed by atoms with van der Waals surface area (Å²) in [7, 11) is 0. The molecule has 0 bridgehead atoms. The van der Waals surface area contributed by atoms with E-state index < -0.39 is 0 Å². The topological polar surface area (TPSA) is 15.3 Å². The molecule has 18 heavy (non-hydrogen) atoms. The first-order chi connectivity index (χ1) is 8.47. The number of piperidine rings is 1. The van der Waals surface area contributed by atoms with Crippen LogP contribution in [-0.4, -0.2) is 37.1 Å². The van der Waals surface area contributed by atoms with Gasteiger partial charge >= 0.3 is 0 Å². The first-order valence-electron chi connectivity index (χ1n) is 7.93. The summed E-state index contributed by atoms with van der Waals surface area (Å²) in [5.41, 5.74) is 0.497. The van der Waals surface area contributed by atoms with E-state index in [2.05, 4.69) is 44.8 Å². The molecule has 1 saturated heterocycles. The Bertz CT molecular complexity index is 212. The molecule has 2 nitrogen and oxygen atoms in total. The number of likely N-dealkylation sites (tertiary alicyclic amines) is 1. The van der Waals surface area contributed by atoms with E-state index in [4.69, 9.17) is 0 Å². The van der Waals surface area contributed by atoms with Gasteiger partial charge in [-0.25, -0.2) is 0 Å². The first kappa shape index (κ1) is 16.0. The molecule has 1 aliphatic heterocycles. The number of nitrogens with one attached hydrogen (secondary N) is 1. The Morgan fingerprint density at radius 2 is 1.78 bits per heavy atom. The van der Waals surface area contributed by atoms with Crippen LogP contribution in [0.1, 0.15) is 60.3 Å². The van der Waals surface area contributed by atoms with Crippen LogP contribution in [0, 0.1) is 11.3 Å². The van der Waals surface area contributed by atoms with Crippen LogP contribution in [0.5, 0.6) is 0 Å². The zero-order valence-corrected chi connectivity index (χ0v) is 13.3. The van der Waals surface area contributed by atoms with Crippen molar-refractivity contribution in [1.29, 1.82) is 0 Å². The fourth-order valence-electron chi connectivity index (χ4n) is 2.98. The fraction of sp³-hybridized carbons (Fsp3) is 1.00. The second kappa shape index (κ2) is 7.49. The quantitative estimate of drug-likeness (QED) is 0.780. The highest BCUT2D eigenvalue weighted by atomic mass is 15.2. The second-order valence-electron chi connectivity index (χ2n) is 7.00. The molecule has 0 aromatic rings. The Hall–Kier alpha value is -0.0800. The van der Waals surface area contributed by atoms with Crippen molar-refractivity contribution in [2.45, 2.75) is 66.3 Å².